The van der Waals surface area contributed by atoms with Crippen LogP contribution in [0, 0.1) is 6.92 Å². The molecule has 2 aromatic carbocycles. The van der Waals surface area contributed by atoms with Gasteiger partial charge in [-0.15, -0.1) is 0 Å². The van der Waals surface area contributed by atoms with Crippen LogP contribution in [-0.2, 0) is 4.79 Å². The molecule has 0 saturated carbocycles. The van der Waals surface area contributed by atoms with Crippen LogP contribution in [0.25, 0.3) is 0 Å². The van der Waals surface area contributed by atoms with Crippen molar-refractivity contribution < 1.29 is 4.79 Å². The lowest BCUT2D eigenvalue weighted by Gasteiger charge is -2.16. The van der Waals surface area contributed by atoms with Crippen molar-refractivity contribution in [2.75, 3.05) is 11.1 Å². The van der Waals surface area contributed by atoms with Gasteiger partial charge in [-0.1, -0.05) is 37.3 Å². The fraction of sp³-hybridized carbons (Fsp3) is 0.235. The molecule has 0 fully saturated rings. The van der Waals surface area contributed by atoms with Crippen LogP contribution >= 0.6 is 0 Å². The van der Waals surface area contributed by atoms with Crippen molar-refractivity contribution >= 4 is 17.3 Å². The number of nitrogens with two attached hydrogens (primary N) is 1. The van der Waals surface area contributed by atoms with E-state index in [9.17, 15) is 4.79 Å². The Morgan fingerprint density at radius 1 is 1.20 bits per heavy atom. The molecule has 0 bridgehead atoms. The van der Waals surface area contributed by atoms with E-state index in [1.807, 2.05) is 62.4 Å². The molecule has 2 aromatic rings. The second-order valence-corrected chi connectivity index (χ2v) is 4.93. The van der Waals surface area contributed by atoms with Gasteiger partial charge in [-0.05, 0) is 42.7 Å². The molecule has 0 radical (unpaired) electrons. The fourth-order valence-corrected chi connectivity index (χ4v) is 2.24. The van der Waals surface area contributed by atoms with Crippen LogP contribution in [-0.4, -0.2) is 5.91 Å². The number of nitrogens with one attached hydrogen (secondary N) is 1. The van der Waals surface area contributed by atoms with Gasteiger partial charge >= 0.3 is 0 Å². The first-order valence-electron chi connectivity index (χ1n) is 6.83. The van der Waals surface area contributed by atoms with Gasteiger partial charge in [0.2, 0.25) is 5.91 Å². The van der Waals surface area contributed by atoms with Crippen molar-refractivity contribution in [2.24, 2.45) is 0 Å². The zero-order valence-corrected chi connectivity index (χ0v) is 11.9. The zero-order valence-electron chi connectivity index (χ0n) is 11.9. The number of hydrogen-bond donors (Lipinski definition) is 2. The van der Waals surface area contributed by atoms with Gasteiger partial charge in [-0.3, -0.25) is 4.79 Å². The summed E-state index contributed by atoms with van der Waals surface area (Å²) < 4.78 is 0. The van der Waals surface area contributed by atoms with Crippen LogP contribution in [0.1, 0.15) is 30.4 Å². The van der Waals surface area contributed by atoms with Crippen LogP contribution in [0.5, 0.6) is 0 Å². The minimum atomic E-state index is -0.131. The molecular weight excluding hydrogens is 248 g/mol. The van der Waals surface area contributed by atoms with E-state index in [2.05, 4.69) is 5.32 Å². The molecule has 0 aliphatic rings. The van der Waals surface area contributed by atoms with E-state index in [4.69, 9.17) is 5.73 Å². The molecule has 3 nitrogen and oxygen atoms in total. The smallest absolute Gasteiger partial charge is 0.231 e. The van der Waals surface area contributed by atoms with Crippen LogP contribution in [0.3, 0.4) is 0 Å². The molecule has 1 unspecified atom stereocenters. The average molecular weight is 268 g/mol. The summed E-state index contributed by atoms with van der Waals surface area (Å²) in [5.74, 6) is -0.114. The summed E-state index contributed by atoms with van der Waals surface area (Å²) in [6.07, 6.45) is 0.768. The summed E-state index contributed by atoms with van der Waals surface area (Å²) in [5.41, 5.74) is 9.32. The fourth-order valence-electron chi connectivity index (χ4n) is 2.24. The lowest BCUT2D eigenvalue weighted by atomic mass is 9.95. The maximum absolute atomic E-state index is 12.4. The molecule has 0 saturated heterocycles. The van der Waals surface area contributed by atoms with Gasteiger partial charge in [0.1, 0.15) is 0 Å². The Morgan fingerprint density at radius 3 is 2.50 bits per heavy atom. The molecule has 104 valence electrons. The van der Waals surface area contributed by atoms with Crippen LogP contribution < -0.4 is 11.1 Å². The van der Waals surface area contributed by atoms with E-state index < -0.39 is 0 Å². The normalized spacial score (nSPS) is 11.9. The number of benzene rings is 2. The first kappa shape index (κ1) is 14.1. The van der Waals surface area contributed by atoms with E-state index in [0.717, 1.165) is 28.9 Å². The maximum Gasteiger partial charge on any atom is 0.231 e. The average Bonchev–Trinajstić information content (AvgIpc) is 2.45. The van der Waals surface area contributed by atoms with E-state index in [1.165, 1.54) is 0 Å². The van der Waals surface area contributed by atoms with Crippen LogP contribution in [0.15, 0.2) is 48.5 Å². The summed E-state index contributed by atoms with van der Waals surface area (Å²) in [4.78, 5) is 12.4. The van der Waals surface area contributed by atoms with Crippen molar-refractivity contribution in [2.45, 2.75) is 26.2 Å². The van der Waals surface area contributed by atoms with Gasteiger partial charge in [0.05, 0.1) is 5.92 Å². The molecule has 1 amide bonds. The van der Waals surface area contributed by atoms with Gasteiger partial charge in [0.15, 0.2) is 0 Å². The van der Waals surface area contributed by atoms with E-state index in [0.29, 0.717) is 0 Å². The van der Waals surface area contributed by atoms with Crippen molar-refractivity contribution in [3.05, 3.63) is 59.7 Å². The van der Waals surface area contributed by atoms with Gasteiger partial charge in [0, 0.05) is 11.4 Å². The Morgan fingerprint density at radius 2 is 1.90 bits per heavy atom. The molecule has 0 heterocycles. The first-order chi connectivity index (χ1) is 9.61. The highest BCUT2D eigenvalue weighted by Crippen LogP contribution is 2.23. The predicted octanol–water partition coefficient (Wildman–Crippen LogP) is 3.71. The number of nitrogen functional groups attached to an aromatic ring is 1. The molecule has 20 heavy (non-hydrogen) atoms. The Labute approximate surface area is 119 Å². The quantitative estimate of drug-likeness (QED) is 0.830. The number of amides is 1. The summed E-state index contributed by atoms with van der Waals surface area (Å²) in [5, 5.41) is 2.96. The Balaban J connectivity index is 2.15. The second kappa shape index (κ2) is 6.24. The monoisotopic (exact) mass is 268 g/mol. The number of hydrogen-bond acceptors (Lipinski definition) is 2. The molecule has 3 N–H and O–H groups in total. The second-order valence-electron chi connectivity index (χ2n) is 4.93. The molecule has 2 rings (SSSR count). The van der Waals surface area contributed by atoms with Crippen molar-refractivity contribution in [1.29, 1.82) is 0 Å². The topological polar surface area (TPSA) is 55.1 Å². The number of rotatable bonds is 4. The molecule has 3 heteroatoms. The third-order valence-electron chi connectivity index (χ3n) is 3.46. The summed E-state index contributed by atoms with van der Waals surface area (Å²) >= 11 is 0. The number of carbonyl (C=O) groups is 1. The van der Waals surface area contributed by atoms with E-state index in [-0.39, 0.29) is 11.8 Å². The lowest BCUT2D eigenvalue weighted by Crippen LogP contribution is -2.20. The molecule has 0 aliphatic carbocycles. The standard InChI is InChI=1S/C17H20N2O/c1-3-15(13-7-5-4-6-8-13)17(20)19-14-9-10-16(18)12(2)11-14/h4-11,15H,3,18H2,1-2H3,(H,19,20). The number of anilines is 2. The summed E-state index contributed by atoms with van der Waals surface area (Å²) in [7, 11) is 0. The Kier molecular flexibility index (Phi) is 4.41. The lowest BCUT2D eigenvalue weighted by molar-refractivity contribution is -0.117. The van der Waals surface area contributed by atoms with Gasteiger partial charge < -0.3 is 11.1 Å². The van der Waals surface area contributed by atoms with Gasteiger partial charge in [-0.2, -0.15) is 0 Å². The SMILES string of the molecule is CCC(C(=O)Nc1ccc(N)c(C)c1)c1ccccc1. The number of carbonyl (C=O) groups excluding carboxylic acids is 1. The number of aryl methyl sites for hydroxylation is 1. The molecular formula is C17H20N2O. The van der Waals surface area contributed by atoms with E-state index >= 15 is 0 Å². The predicted molar refractivity (Wildman–Crippen MR) is 83.7 cm³/mol. The minimum Gasteiger partial charge on any atom is -0.399 e. The molecule has 0 aromatic heterocycles. The zero-order chi connectivity index (χ0) is 14.5. The van der Waals surface area contributed by atoms with Gasteiger partial charge in [-0.25, -0.2) is 0 Å². The van der Waals surface area contributed by atoms with Gasteiger partial charge in [0.25, 0.3) is 0 Å². The highest BCUT2D eigenvalue weighted by molar-refractivity contribution is 5.96. The largest absolute Gasteiger partial charge is 0.399 e. The maximum atomic E-state index is 12.4. The minimum absolute atomic E-state index is 0.0165. The summed E-state index contributed by atoms with van der Waals surface area (Å²) in [6.45, 7) is 3.95. The third-order valence-corrected chi connectivity index (χ3v) is 3.46. The van der Waals surface area contributed by atoms with Crippen molar-refractivity contribution in [3.8, 4) is 0 Å². The van der Waals surface area contributed by atoms with Crippen molar-refractivity contribution in [1.82, 2.24) is 0 Å². The molecule has 0 aliphatic heterocycles. The summed E-state index contributed by atoms with van der Waals surface area (Å²) in [6, 6.07) is 15.4. The molecule has 1 atom stereocenters. The highest BCUT2D eigenvalue weighted by atomic mass is 16.1. The first-order valence-corrected chi connectivity index (χ1v) is 6.83. The Bertz CT molecular complexity index is 593. The van der Waals surface area contributed by atoms with E-state index in [1.54, 1.807) is 0 Å². The third kappa shape index (κ3) is 3.18. The highest BCUT2D eigenvalue weighted by Gasteiger charge is 2.18. The molecule has 0 spiro atoms. The van der Waals surface area contributed by atoms with Crippen LogP contribution in [0.4, 0.5) is 11.4 Å². The van der Waals surface area contributed by atoms with Crippen LogP contribution in [0.2, 0.25) is 0 Å². The van der Waals surface area contributed by atoms with Crippen molar-refractivity contribution in [3.63, 3.8) is 0 Å². The Hall–Kier alpha value is -2.29.